The molecule has 0 aliphatic carbocycles. The van der Waals surface area contributed by atoms with E-state index < -0.39 is 17.2 Å². The van der Waals surface area contributed by atoms with Crippen molar-refractivity contribution in [3.8, 4) is 0 Å². The Morgan fingerprint density at radius 2 is 1.94 bits per heavy atom. The van der Waals surface area contributed by atoms with E-state index in [1.54, 1.807) is 6.07 Å². The number of rotatable bonds is 2. The maximum atomic E-state index is 12.4. The van der Waals surface area contributed by atoms with Crippen LogP contribution in [-0.4, -0.2) is 4.98 Å². The van der Waals surface area contributed by atoms with Gasteiger partial charge in [-0.2, -0.15) is 13.2 Å². The van der Waals surface area contributed by atoms with Crippen LogP contribution in [0.25, 0.3) is 0 Å². The quantitative estimate of drug-likeness (QED) is 0.756. The second kappa shape index (κ2) is 5.20. The van der Waals surface area contributed by atoms with E-state index in [9.17, 15) is 13.2 Å². The zero-order chi connectivity index (χ0) is 13.5. The first-order valence-corrected chi connectivity index (χ1v) is 7.74. The Morgan fingerprint density at radius 3 is 2.39 bits per heavy atom. The molecule has 2 rings (SSSR count). The van der Waals surface area contributed by atoms with Crippen molar-refractivity contribution in [2.45, 2.75) is 12.2 Å². The van der Waals surface area contributed by atoms with Crippen LogP contribution < -0.4 is 5.73 Å². The van der Waals surface area contributed by atoms with Crippen molar-refractivity contribution in [2.75, 3.05) is 0 Å². The summed E-state index contributed by atoms with van der Waals surface area (Å²) in [6.07, 6.45) is -3.24. The van der Waals surface area contributed by atoms with Gasteiger partial charge in [-0.1, -0.05) is 0 Å². The van der Waals surface area contributed by atoms with Gasteiger partial charge in [0.1, 0.15) is 0 Å². The minimum atomic E-state index is -4.42. The fourth-order valence-corrected chi connectivity index (χ4v) is 5.01. The minimum absolute atomic E-state index is 0.383. The summed E-state index contributed by atoms with van der Waals surface area (Å²) in [5.74, 6) is 0. The van der Waals surface area contributed by atoms with Gasteiger partial charge in [0.15, 0.2) is 5.01 Å². The number of thiophene rings is 1. The molecule has 2 aromatic rings. The number of halogens is 5. The average Bonchev–Trinajstić information content (AvgIpc) is 2.83. The highest BCUT2D eigenvalue weighted by Crippen LogP contribution is 2.40. The van der Waals surface area contributed by atoms with Crippen LogP contribution >= 0.6 is 54.5 Å². The smallest absolute Gasteiger partial charge is 0.319 e. The molecule has 0 aliphatic heterocycles. The van der Waals surface area contributed by atoms with Crippen LogP contribution in [0.15, 0.2) is 19.8 Å². The Hall–Kier alpha value is 0.0400. The van der Waals surface area contributed by atoms with Gasteiger partial charge in [-0.05, 0) is 37.9 Å². The van der Waals surface area contributed by atoms with E-state index in [2.05, 4.69) is 36.8 Å². The standard InChI is InChI=1S/C9H5Br2F3N2S2/c10-5-1-3(7(11)18-5)6(15)4-2-16-8(17-4)9(12,13)14/h1-2,6H,15H2. The van der Waals surface area contributed by atoms with Gasteiger partial charge in [-0.15, -0.1) is 22.7 Å². The molecule has 0 amide bonds. The van der Waals surface area contributed by atoms with Crippen molar-refractivity contribution < 1.29 is 13.2 Å². The SMILES string of the molecule is NC(c1cnc(C(F)(F)F)s1)c1cc(Br)sc1Br. The topological polar surface area (TPSA) is 38.9 Å². The van der Waals surface area contributed by atoms with Gasteiger partial charge >= 0.3 is 6.18 Å². The van der Waals surface area contributed by atoms with Crippen molar-refractivity contribution in [1.29, 1.82) is 0 Å². The summed E-state index contributed by atoms with van der Waals surface area (Å²) in [4.78, 5) is 3.74. The van der Waals surface area contributed by atoms with Gasteiger partial charge in [0, 0.05) is 16.6 Å². The lowest BCUT2D eigenvalue weighted by Crippen LogP contribution is -2.09. The number of thiazole rings is 1. The van der Waals surface area contributed by atoms with Gasteiger partial charge in [-0.3, -0.25) is 0 Å². The number of hydrogen-bond donors (Lipinski definition) is 1. The Bertz CT molecular complexity index is 564. The molecule has 9 heteroatoms. The van der Waals surface area contributed by atoms with Crippen LogP contribution in [0.5, 0.6) is 0 Å². The third-order valence-electron chi connectivity index (χ3n) is 2.09. The number of nitrogens with two attached hydrogens (primary N) is 1. The molecule has 0 aromatic carbocycles. The van der Waals surface area contributed by atoms with Crippen molar-refractivity contribution in [2.24, 2.45) is 5.73 Å². The fourth-order valence-electron chi connectivity index (χ4n) is 1.28. The molecule has 2 N–H and O–H groups in total. The summed E-state index contributed by atoms with van der Waals surface area (Å²) in [6, 6.07) is 1.17. The monoisotopic (exact) mass is 420 g/mol. The van der Waals surface area contributed by atoms with Crippen molar-refractivity contribution in [3.63, 3.8) is 0 Å². The predicted molar refractivity (Wildman–Crippen MR) is 72.9 cm³/mol. The second-order valence-corrected chi connectivity index (χ2v) is 8.13. The zero-order valence-corrected chi connectivity index (χ0v) is 13.3. The van der Waals surface area contributed by atoms with Gasteiger partial charge in [-0.25, -0.2) is 4.98 Å². The highest BCUT2D eigenvalue weighted by molar-refractivity contribution is 9.12. The van der Waals surface area contributed by atoms with Crippen LogP contribution in [0.4, 0.5) is 13.2 Å². The third-order valence-corrected chi connectivity index (χ3v) is 5.60. The minimum Gasteiger partial charge on any atom is -0.319 e. The Kier molecular flexibility index (Phi) is 4.17. The summed E-state index contributed by atoms with van der Waals surface area (Å²) in [6.45, 7) is 0. The Balaban J connectivity index is 2.32. The average molecular weight is 422 g/mol. The normalized spacial score (nSPS) is 13.9. The summed E-state index contributed by atoms with van der Waals surface area (Å²) < 4.78 is 39.0. The highest BCUT2D eigenvalue weighted by atomic mass is 79.9. The molecule has 0 spiro atoms. The van der Waals surface area contributed by atoms with Crippen LogP contribution in [0.2, 0.25) is 0 Å². The lowest BCUT2D eigenvalue weighted by Gasteiger charge is -2.07. The largest absolute Gasteiger partial charge is 0.443 e. The summed E-state index contributed by atoms with van der Waals surface area (Å²) in [5.41, 5.74) is 6.69. The maximum absolute atomic E-state index is 12.4. The molecule has 2 aromatic heterocycles. The molecule has 0 bridgehead atoms. The highest BCUT2D eigenvalue weighted by Gasteiger charge is 2.35. The van der Waals surface area contributed by atoms with Crippen LogP contribution in [0.1, 0.15) is 21.5 Å². The molecular weight excluding hydrogens is 417 g/mol. The lowest BCUT2D eigenvalue weighted by atomic mass is 10.1. The summed E-state index contributed by atoms with van der Waals surface area (Å²) in [5, 5.41) is -0.877. The first kappa shape index (κ1) is 14.4. The maximum Gasteiger partial charge on any atom is 0.443 e. The van der Waals surface area contributed by atoms with E-state index in [0.717, 1.165) is 13.1 Å². The molecule has 0 radical (unpaired) electrons. The van der Waals surface area contributed by atoms with Crippen LogP contribution in [-0.2, 0) is 6.18 Å². The van der Waals surface area contributed by atoms with E-state index in [1.807, 2.05) is 0 Å². The first-order chi connectivity index (χ1) is 8.29. The van der Waals surface area contributed by atoms with Crippen molar-refractivity contribution >= 4 is 54.5 Å². The molecule has 2 nitrogen and oxygen atoms in total. The number of alkyl halides is 3. The molecule has 0 aliphatic rings. The second-order valence-electron chi connectivity index (χ2n) is 3.32. The molecule has 0 saturated heterocycles. The van der Waals surface area contributed by atoms with Gasteiger partial charge in [0.25, 0.3) is 0 Å². The lowest BCUT2D eigenvalue weighted by molar-refractivity contribution is -0.137. The summed E-state index contributed by atoms with van der Waals surface area (Å²) in [7, 11) is 0. The third kappa shape index (κ3) is 2.96. The number of hydrogen-bond acceptors (Lipinski definition) is 4. The Labute approximate surface area is 125 Å². The van der Waals surface area contributed by atoms with Gasteiger partial charge in [0.05, 0.1) is 13.6 Å². The molecule has 2 heterocycles. The van der Waals surface area contributed by atoms with Gasteiger partial charge in [0.2, 0.25) is 0 Å². The van der Waals surface area contributed by atoms with E-state index >= 15 is 0 Å². The molecule has 1 unspecified atom stereocenters. The zero-order valence-electron chi connectivity index (χ0n) is 8.46. The van der Waals surface area contributed by atoms with E-state index in [-0.39, 0.29) is 0 Å². The number of aromatic nitrogens is 1. The fraction of sp³-hybridized carbons (Fsp3) is 0.222. The van der Waals surface area contributed by atoms with Crippen LogP contribution in [0, 0.1) is 0 Å². The molecule has 18 heavy (non-hydrogen) atoms. The molecule has 0 saturated carbocycles. The molecular formula is C9H5Br2F3N2S2. The summed E-state index contributed by atoms with van der Waals surface area (Å²) >= 11 is 8.62. The first-order valence-electron chi connectivity index (χ1n) is 4.52. The van der Waals surface area contributed by atoms with Crippen molar-refractivity contribution in [1.82, 2.24) is 4.98 Å². The van der Waals surface area contributed by atoms with E-state index in [0.29, 0.717) is 16.2 Å². The van der Waals surface area contributed by atoms with E-state index in [4.69, 9.17) is 5.73 Å². The van der Waals surface area contributed by atoms with E-state index in [1.165, 1.54) is 17.5 Å². The molecule has 1 atom stereocenters. The molecule has 0 fully saturated rings. The molecule has 98 valence electrons. The number of nitrogens with zero attached hydrogens (tertiary/aromatic N) is 1. The Morgan fingerprint density at radius 1 is 1.28 bits per heavy atom. The van der Waals surface area contributed by atoms with Gasteiger partial charge < -0.3 is 5.73 Å². The predicted octanol–water partition coefficient (Wildman–Crippen LogP) is 4.80. The van der Waals surface area contributed by atoms with Crippen LogP contribution in [0.3, 0.4) is 0 Å². The van der Waals surface area contributed by atoms with Crippen molar-refractivity contribution in [3.05, 3.63) is 35.3 Å².